The van der Waals surface area contributed by atoms with E-state index < -0.39 is 11.6 Å². The number of pyridine rings is 2. The summed E-state index contributed by atoms with van der Waals surface area (Å²) in [7, 11) is 0. The topological polar surface area (TPSA) is 66.4 Å². The quantitative estimate of drug-likeness (QED) is 0.143. The number of carbonyl (C=O) groups excluding carboxylic acids is 2. The molecule has 0 fully saturated rings. The Balaban J connectivity index is 0.000000191. The van der Waals surface area contributed by atoms with Gasteiger partial charge in [-0.15, -0.1) is 0 Å². The smallest absolute Gasteiger partial charge is 0.300 e. The Morgan fingerprint density at radius 3 is 1.52 bits per heavy atom. The SMILES string of the molecule is C.CCc1ccccc1.O=C1c2nc(Cc3ccccc3)ccc2CN1c1ccccc1F.O=C1c2nc(Cl)ccc2CN1c1ccccc1F.[K+]. The first-order chi connectivity index (χ1) is 24.3. The van der Waals surface area contributed by atoms with Gasteiger partial charge in [0, 0.05) is 23.2 Å². The molecule has 8 rings (SSSR count). The summed E-state index contributed by atoms with van der Waals surface area (Å²) >= 11 is 5.76. The second-order valence-corrected chi connectivity index (χ2v) is 12.0. The molecule has 10 heteroatoms. The minimum absolute atomic E-state index is 0. The van der Waals surface area contributed by atoms with Crippen molar-refractivity contribution in [3.05, 3.63) is 190 Å². The summed E-state index contributed by atoms with van der Waals surface area (Å²) in [6, 6.07) is 40.1. The summed E-state index contributed by atoms with van der Waals surface area (Å²) in [5.74, 6) is -1.39. The van der Waals surface area contributed by atoms with Crippen molar-refractivity contribution >= 4 is 34.8 Å². The summed E-state index contributed by atoms with van der Waals surface area (Å²) in [5, 5.41) is 0.262. The summed E-state index contributed by atoms with van der Waals surface area (Å²) < 4.78 is 27.7. The number of rotatable bonds is 5. The fourth-order valence-electron chi connectivity index (χ4n) is 5.71. The Bertz CT molecular complexity index is 2140. The molecule has 0 saturated carbocycles. The van der Waals surface area contributed by atoms with Gasteiger partial charge in [0.05, 0.1) is 24.5 Å². The third-order valence-corrected chi connectivity index (χ3v) is 8.51. The van der Waals surface area contributed by atoms with E-state index in [9.17, 15) is 18.4 Å². The van der Waals surface area contributed by atoms with Gasteiger partial charge in [-0.05, 0) is 53.9 Å². The average molecular weight is 742 g/mol. The first-order valence-electron chi connectivity index (χ1n) is 16.2. The maximum absolute atomic E-state index is 14.0. The fraction of sp³-hybridized carbons (Fsp3) is 0.143. The van der Waals surface area contributed by atoms with Crippen molar-refractivity contribution in [3.63, 3.8) is 0 Å². The van der Waals surface area contributed by atoms with Crippen molar-refractivity contribution < 1.29 is 69.8 Å². The van der Waals surface area contributed by atoms with Crippen LogP contribution in [0.1, 0.15) is 63.3 Å². The van der Waals surface area contributed by atoms with Crippen LogP contribution in [0.2, 0.25) is 5.15 Å². The Morgan fingerprint density at radius 1 is 0.596 bits per heavy atom. The first-order valence-corrected chi connectivity index (χ1v) is 16.5. The molecule has 0 atom stereocenters. The van der Waals surface area contributed by atoms with Crippen molar-refractivity contribution in [2.24, 2.45) is 0 Å². The molecule has 6 aromatic rings. The Morgan fingerprint density at radius 2 is 1.04 bits per heavy atom. The molecule has 2 amide bonds. The zero-order valence-electron chi connectivity index (χ0n) is 28.3. The van der Waals surface area contributed by atoms with E-state index in [1.165, 1.54) is 27.5 Å². The molecule has 258 valence electrons. The standard InChI is InChI=1S/C20H15FN2O.C13H8ClFN2O.C8H10.CH4.K/c21-17-8-4-5-9-18(17)23-13-15-10-11-16(22-19(15)20(23)24)12-14-6-2-1-3-7-14;14-11-6-5-8-7-17(13(18)12(8)16-11)10-4-2-1-3-9(10)15;1-2-8-6-4-3-5-7-8;;/h1-11H,12-13H2;1-6H,7H2;3-7H,2H2,1H3;1H4;/q;;;;+1. The number of anilines is 2. The van der Waals surface area contributed by atoms with Gasteiger partial charge >= 0.3 is 51.4 Å². The molecule has 0 aliphatic carbocycles. The molecule has 2 aliphatic heterocycles. The van der Waals surface area contributed by atoms with Crippen LogP contribution in [-0.2, 0) is 25.9 Å². The number of aryl methyl sites for hydroxylation is 1. The average Bonchev–Trinajstić information content (AvgIpc) is 3.65. The number of halogens is 3. The predicted octanol–water partition coefficient (Wildman–Crippen LogP) is 6.90. The zero-order valence-corrected chi connectivity index (χ0v) is 32.1. The van der Waals surface area contributed by atoms with Crippen LogP contribution < -0.4 is 61.2 Å². The summed E-state index contributed by atoms with van der Waals surface area (Å²) in [6.07, 6.45) is 1.81. The third kappa shape index (κ3) is 9.66. The number of carbonyl (C=O) groups is 2. The van der Waals surface area contributed by atoms with Crippen LogP contribution in [0.4, 0.5) is 20.2 Å². The molecular formula is C42H37ClF2KN4O2+. The Kier molecular flexibility index (Phi) is 15.0. The van der Waals surface area contributed by atoms with Crippen molar-refractivity contribution in [3.8, 4) is 0 Å². The van der Waals surface area contributed by atoms with Crippen LogP contribution >= 0.6 is 11.6 Å². The van der Waals surface area contributed by atoms with E-state index in [0.29, 0.717) is 36.6 Å². The number of fused-ring (bicyclic) bond motifs is 2. The van der Waals surface area contributed by atoms with Gasteiger partial charge in [0.1, 0.15) is 28.2 Å². The molecule has 6 nitrogen and oxygen atoms in total. The van der Waals surface area contributed by atoms with E-state index in [1.54, 1.807) is 48.5 Å². The van der Waals surface area contributed by atoms with Crippen LogP contribution in [0, 0.1) is 11.6 Å². The normalized spacial score (nSPS) is 12.3. The molecule has 0 radical (unpaired) electrons. The maximum atomic E-state index is 14.0. The van der Waals surface area contributed by atoms with Gasteiger partial charge in [0.25, 0.3) is 11.8 Å². The predicted molar refractivity (Wildman–Crippen MR) is 199 cm³/mol. The number of hydrogen-bond acceptors (Lipinski definition) is 4. The number of amides is 2. The summed E-state index contributed by atoms with van der Waals surface area (Å²) in [4.78, 5) is 36.1. The molecule has 4 heterocycles. The molecule has 0 unspecified atom stereocenters. The fourth-order valence-corrected chi connectivity index (χ4v) is 5.85. The van der Waals surface area contributed by atoms with Gasteiger partial charge in [0.2, 0.25) is 0 Å². The number of para-hydroxylation sites is 2. The van der Waals surface area contributed by atoms with Crippen LogP contribution in [0.3, 0.4) is 0 Å². The van der Waals surface area contributed by atoms with Crippen LogP contribution in [0.25, 0.3) is 0 Å². The van der Waals surface area contributed by atoms with Crippen molar-refractivity contribution in [1.82, 2.24) is 9.97 Å². The number of benzene rings is 4. The van der Waals surface area contributed by atoms with Crippen molar-refractivity contribution in [2.75, 3.05) is 9.80 Å². The van der Waals surface area contributed by atoms with Gasteiger partial charge in [-0.25, -0.2) is 18.7 Å². The van der Waals surface area contributed by atoms with Gasteiger partial charge in [-0.2, -0.15) is 0 Å². The molecule has 0 N–H and O–H groups in total. The largest absolute Gasteiger partial charge is 1.00 e. The summed E-state index contributed by atoms with van der Waals surface area (Å²) in [6.45, 7) is 2.84. The minimum atomic E-state index is -0.426. The minimum Gasteiger partial charge on any atom is -0.300 e. The van der Waals surface area contributed by atoms with E-state index in [-0.39, 0.29) is 81.5 Å². The number of aromatic nitrogens is 2. The zero-order chi connectivity index (χ0) is 35.0. The third-order valence-electron chi connectivity index (χ3n) is 8.30. The molecule has 2 aromatic heterocycles. The maximum Gasteiger partial charge on any atom is 1.00 e. The van der Waals surface area contributed by atoms with E-state index in [2.05, 4.69) is 41.2 Å². The van der Waals surface area contributed by atoms with Gasteiger partial charge in [-0.3, -0.25) is 19.4 Å². The molecule has 52 heavy (non-hydrogen) atoms. The Labute approximate surface area is 350 Å². The van der Waals surface area contributed by atoms with E-state index in [4.69, 9.17) is 11.6 Å². The number of nitrogens with zero attached hydrogens (tertiary/aromatic N) is 4. The second kappa shape index (κ2) is 19.1. The van der Waals surface area contributed by atoms with E-state index in [1.807, 2.05) is 48.5 Å². The molecule has 0 spiro atoms. The number of hydrogen-bond donors (Lipinski definition) is 0. The second-order valence-electron chi connectivity index (χ2n) is 11.6. The summed E-state index contributed by atoms with van der Waals surface area (Å²) in [5.41, 5.74) is 6.25. The molecule has 4 aromatic carbocycles. The van der Waals surface area contributed by atoms with E-state index >= 15 is 0 Å². The molecule has 2 aliphatic rings. The van der Waals surface area contributed by atoms with Crippen LogP contribution in [0.5, 0.6) is 0 Å². The van der Waals surface area contributed by atoms with Gasteiger partial charge in [0.15, 0.2) is 0 Å². The molecule has 0 saturated heterocycles. The molecular weight excluding hydrogens is 705 g/mol. The van der Waals surface area contributed by atoms with Crippen molar-refractivity contribution in [2.45, 2.75) is 40.3 Å². The molecule has 0 bridgehead atoms. The monoisotopic (exact) mass is 741 g/mol. The van der Waals surface area contributed by atoms with Crippen molar-refractivity contribution in [1.29, 1.82) is 0 Å². The van der Waals surface area contributed by atoms with Gasteiger partial charge < -0.3 is 0 Å². The van der Waals surface area contributed by atoms with E-state index in [0.717, 1.165) is 28.8 Å². The van der Waals surface area contributed by atoms with Gasteiger partial charge in [-0.1, -0.05) is 123 Å². The first kappa shape index (κ1) is 40.7. The van der Waals surface area contributed by atoms with Crippen LogP contribution in [-0.4, -0.2) is 21.8 Å². The van der Waals surface area contributed by atoms with Crippen LogP contribution in [0.15, 0.2) is 133 Å². The Hall–Kier alpha value is -4.09.